The lowest BCUT2D eigenvalue weighted by molar-refractivity contribution is 0.800. The lowest BCUT2D eigenvalue weighted by Gasteiger charge is -2.18. The van der Waals surface area contributed by atoms with E-state index in [4.69, 9.17) is 6.57 Å². The molecular formula is C16H15N7. The molecule has 7 heteroatoms. The summed E-state index contributed by atoms with van der Waals surface area (Å²) in [5, 5.41) is 4.48. The minimum Gasteiger partial charge on any atom is -0.366 e. The van der Waals surface area contributed by atoms with Crippen LogP contribution < -0.4 is 10.2 Å². The van der Waals surface area contributed by atoms with Gasteiger partial charge in [-0.15, -0.1) is 0 Å². The van der Waals surface area contributed by atoms with Gasteiger partial charge in [-0.05, 0) is 18.6 Å². The summed E-state index contributed by atoms with van der Waals surface area (Å²) in [6, 6.07) is 5.95. The number of anilines is 2. The Morgan fingerprint density at radius 3 is 3.04 bits per heavy atom. The second-order valence-corrected chi connectivity index (χ2v) is 5.53. The first-order valence-electron chi connectivity index (χ1n) is 7.46. The fraction of sp³-hybridized carbons (Fsp3) is 0.250. The number of rotatable bonds is 3. The van der Waals surface area contributed by atoms with Gasteiger partial charge < -0.3 is 15.2 Å². The Hall–Kier alpha value is -3.14. The standard InChI is InChI=1S/C16H15N7/c1-17-11-2-3-14(19-8-11)22-12-5-7-23(9-12)16-13-4-6-18-15(13)20-10-21-16/h2-4,6,8,10,12H,5,7,9H2,(H,19,22)(H,18,20,21)/t12-/m1/s1. The number of fused-ring (bicyclic) bond motifs is 1. The second kappa shape index (κ2) is 5.57. The third-order valence-electron chi connectivity index (χ3n) is 4.05. The van der Waals surface area contributed by atoms with Crippen LogP contribution in [0, 0.1) is 6.57 Å². The Bertz CT molecular complexity index is 862. The van der Waals surface area contributed by atoms with Crippen molar-refractivity contribution < 1.29 is 0 Å². The van der Waals surface area contributed by atoms with Crippen molar-refractivity contribution in [3.05, 3.63) is 48.3 Å². The zero-order chi connectivity index (χ0) is 15.6. The molecule has 4 heterocycles. The summed E-state index contributed by atoms with van der Waals surface area (Å²) in [6.45, 7) is 8.76. The maximum Gasteiger partial charge on any atom is 0.205 e. The van der Waals surface area contributed by atoms with E-state index >= 15 is 0 Å². The van der Waals surface area contributed by atoms with E-state index in [1.165, 1.54) is 0 Å². The van der Waals surface area contributed by atoms with Crippen molar-refractivity contribution >= 4 is 28.4 Å². The molecule has 1 aliphatic heterocycles. The van der Waals surface area contributed by atoms with Crippen LogP contribution in [0.25, 0.3) is 15.9 Å². The highest BCUT2D eigenvalue weighted by Gasteiger charge is 2.25. The van der Waals surface area contributed by atoms with E-state index in [9.17, 15) is 0 Å². The monoisotopic (exact) mass is 305 g/mol. The van der Waals surface area contributed by atoms with E-state index in [1.807, 2.05) is 18.3 Å². The topological polar surface area (TPSA) is 74.1 Å². The molecule has 0 bridgehead atoms. The van der Waals surface area contributed by atoms with Gasteiger partial charge in [-0.3, -0.25) is 4.98 Å². The number of aromatic amines is 1. The van der Waals surface area contributed by atoms with Gasteiger partial charge in [0.25, 0.3) is 0 Å². The van der Waals surface area contributed by atoms with Gasteiger partial charge in [0, 0.05) is 31.5 Å². The summed E-state index contributed by atoms with van der Waals surface area (Å²) in [5.74, 6) is 1.77. The fourth-order valence-corrected chi connectivity index (χ4v) is 2.93. The molecule has 0 saturated carbocycles. The fourth-order valence-electron chi connectivity index (χ4n) is 2.93. The summed E-state index contributed by atoms with van der Waals surface area (Å²) in [7, 11) is 0. The van der Waals surface area contributed by atoms with Crippen LogP contribution in [0.2, 0.25) is 0 Å². The molecule has 0 amide bonds. The first kappa shape index (κ1) is 13.5. The van der Waals surface area contributed by atoms with Crippen LogP contribution in [0.5, 0.6) is 0 Å². The van der Waals surface area contributed by atoms with Crippen molar-refractivity contribution in [3.63, 3.8) is 0 Å². The third kappa shape index (κ3) is 2.55. The van der Waals surface area contributed by atoms with E-state index in [1.54, 1.807) is 18.6 Å². The van der Waals surface area contributed by atoms with Gasteiger partial charge in [0.2, 0.25) is 5.69 Å². The molecular weight excluding hydrogens is 290 g/mol. The van der Waals surface area contributed by atoms with Gasteiger partial charge in [-0.1, -0.05) is 6.07 Å². The van der Waals surface area contributed by atoms with Crippen LogP contribution in [0.15, 0.2) is 36.9 Å². The Kier molecular flexibility index (Phi) is 3.27. The van der Waals surface area contributed by atoms with E-state index in [0.29, 0.717) is 11.7 Å². The van der Waals surface area contributed by atoms with Gasteiger partial charge in [0.1, 0.15) is 23.6 Å². The number of H-pyrrole nitrogens is 1. The van der Waals surface area contributed by atoms with Crippen LogP contribution in [0.3, 0.4) is 0 Å². The number of hydrogen-bond donors (Lipinski definition) is 2. The summed E-state index contributed by atoms with van der Waals surface area (Å²) in [6.07, 6.45) is 6.09. The molecule has 1 fully saturated rings. The average molecular weight is 305 g/mol. The van der Waals surface area contributed by atoms with Crippen LogP contribution in [0.1, 0.15) is 6.42 Å². The predicted octanol–water partition coefficient (Wildman–Crippen LogP) is 2.59. The number of nitrogens with zero attached hydrogens (tertiary/aromatic N) is 5. The Morgan fingerprint density at radius 1 is 1.26 bits per heavy atom. The molecule has 0 unspecified atom stereocenters. The molecule has 0 aromatic carbocycles. The summed E-state index contributed by atoms with van der Waals surface area (Å²) < 4.78 is 0. The van der Waals surface area contributed by atoms with Crippen molar-refractivity contribution in [3.8, 4) is 0 Å². The lowest BCUT2D eigenvalue weighted by Crippen LogP contribution is -2.27. The molecule has 7 nitrogen and oxygen atoms in total. The second-order valence-electron chi connectivity index (χ2n) is 5.53. The molecule has 3 aromatic heterocycles. The maximum absolute atomic E-state index is 6.96. The molecule has 2 N–H and O–H groups in total. The molecule has 0 radical (unpaired) electrons. The highest BCUT2D eigenvalue weighted by Crippen LogP contribution is 2.26. The number of aromatic nitrogens is 4. The van der Waals surface area contributed by atoms with E-state index in [0.717, 1.165) is 42.2 Å². The van der Waals surface area contributed by atoms with Crippen LogP contribution >= 0.6 is 0 Å². The predicted molar refractivity (Wildman–Crippen MR) is 88.6 cm³/mol. The van der Waals surface area contributed by atoms with Gasteiger partial charge in [-0.2, -0.15) is 0 Å². The zero-order valence-electron chi connectivity index (χ0n) is 12.4. The molecule has 114 valence electrons. The van der Waals surface area contributed by atoms with Crippen molar-refractivity contribution in [2.24, 2.45) is 0 Å². The molecule has 4 rings (SSSR count). The van der Waals surface area contributed by atoms with E-state index in [-0.39, 0.29) is 0 Å². The summed E-state index contributed by atoms with van der Waals surface area (Å²) >= 11 is 0. The van der Waals surface area contributed by atoms with E-state index < -0.39 is 0 Å². The van der Waals surface area contributed by atoms with Gasteiger partial charge in [-0.25, -0.2) is 14.8 Å². The molecule has 0 aliphatic carbocycles. The van der Waals surface area contributed by atoms with Crippen molar-refractivity contribution in [2.45, 2.75) is 12.5 Å². The van der Waals surface area contributed by atoms with Gasteiger partial charge >= 0.3 is 0 Å². The smallest absolute Gasteiger partial charge is 0.205 e. The van der Waals surface area contributed by atoms with Crippen molar-refractivity contribution in [1.29, 1.82) is 0 Å². The quantitative estimate of drug-likeness (QED) is 0.728. The van der Waals surface area contributed by atoms with Crippen LogP contribution in [-0.4, -0.2) is 39.1 Å². The molecule has 1 atom stereocenters. The van der Waals surface area contributed by atoms with Crippen LogP contribution in [0.4, 0.5) is 17.3 Å². The average Bonchev–Trinajstić information content (AvgIpc) is 3.24. The first-order valence-corrected chi connectivity index (χ1v) is 7.46. The van der Waals surface area contributed by atoms with Crippen LogP contribution in [-0.2, 0) is 0 Å². The Morgan fingerprint density at radius 2 is 2.22 bits per heavy atom. The molecule has 3 aromatic rings. The van der Waals surface area contributed by atoms with Gasteiger partial charge in [0.05, 0.1) is 12.0 Å². The minimum atomic E-state index is 0.310. The normalized spacial score (nSPS) is 17.3. The number of nitrogens with one attached hydrogen (secondary N) is 2. The highest BCUT2D eigenvalue weighted by molar-refractivity contribution is 5.87. The molecule has 1 saturated heterocycles. The molecule has 0 spiro atoms. The largest absolute Gasteiger partial charge is 0.366 e. The van der Waals surface area contributed by atoms with Gasteiger partial charge in [0.15, 0.2) is 0 Å². The van der Waals surface area contributed by atoms with Crippen molar-refractivity contribution in [1.82, 2.24) is 19.9 Å². The third-order valence-corrected chi connectivity index (χ3v) is 4.05. The zero-order valence-corrected chi connectivity index (χ0v) is 12.4. The maximum atomic E-state index is 6.96. The highest BCUT2D eigenvalue weighted by atomic mass is 15.2. The Labute approximate surface area is 133 Å². The Balaban J connectivity index is 1.48. The number of hydrogen-bond acceptors (Lipinski definition) is 5. The number of pyridine rings is 1. The molecule has 23 heavy (non-hydrogen) atoms. The molecule has 1 aliphatic rings. The lowest BCUT2D eigenvalue weighted by atomic mass is 10.2. The van der Waals surface area contributed by atoms with E-state index in [2.05, 4.69) is 35.0 Å². The first-order chi connectivity index (χ1) is 11.3. The van der Waals surface area contributed by atoms with Crippen molar-refractivity contribution in [2.75, 3.05) is 23.3 Å². The minimum absolute atomic E-state index is 0.310. The SMILES string of the molecule is [C-]#[N+]c1ccc(N[C@@H]2CCN(c3ncnc4[nH]ccc34)C2)nc1. The summed E-state index contributed by atoms with van der Waals surface area (Å²) in [4.78, 5) is 21.7. The summed E-state index contributed by atoms with van der Waals surface area (Å²) in [5.41, 5.74) is 1.42.